The Kier molecular flexibility index (Phi) is 2.06. The van der Waals surface area contributed by atoms with Crippen molar-refractivity contribution in [3.63, 3.8) is 0 Å². The van der Waals surface area contributed by atoms with Gasteiger partial charge in [0.15, 0.2) is 0 Å². The van der Waals surface area contributed by atoms with Crippen molar-refractivity contribution in [2.24, 2.45) is 5.92 Å². The Hall–Kier alpha value is -1.31. The van der Waals surface area contributed by atoms with Crippen molar-refractivity contribution in [2.75, 3.05) is 7.11 Å². The summed E-state index contributed by atoms with van der Waals surface area (Å²) in [6.07, 6.45) is 4.27. The summed E-state index contributed by atoms with van der Waals surface area (Å²) in [7, 11) is 1.67. The second-order valence-electron chi connectivity index (χ2n) is 4.95. The first-order valence-electron chi connectivity index (χ1n) is 5.95. The third-order valence-corrected chi connectivity index (χ3v) is 4.32. The number of benzene rings is 1. The zero-order valence-electron chi connectivity index (χ0n) is 9.53. The highest BCUT2D eigenvalue weighted by Crippen LogP contribution is 2.52. The van der Waals surface area contributed by atoms with Gasteiger partial charge in [-0.15, -0.1) is 0 Å². The van der Waals surface area contributed by atoms with Crippen LogP contribution in [0.4, 0.5) is 0 Å². The number of hydrogen-bond donors (Lipinski definition) is 0. The molecule has 2 bridgehead atoms. The van der Waals surface area contributed by atoms with Crippen LogP contribution >= 0.6 is 0 Å². The van der Waals surface area contributed by atoms with Crippen LogP contribution in [0.5, 0.6) is 5.75 Å². The average Bonchev–Trinajstić information content (AvgIpc) is 2.84. The maximum Gasteiger partial charge on any atom is 0.146 e. The fourth-order valence-corrected chi connectivity index (χ4v) is 3.35. The smallest absolute Gasteiger partial charge is 0.146 e. The van der Waals surface area contributed by atoms with E-state index in [0.29, 0.717) is 11.7 Å². The van der Waals surface area contributed by atoms with Crippen molar-refractivity contribution >= 4 is 5.78 Å². The van der Waals surface area contributed by atoms with Gasteiger partial charge in [0.25, 0.3) is 0 Å². The first-order chi connectivity index (χ1) is 7.76. The molecule has 0 N–H and O–H groups in total. The Morgan fingerprint density at radius 1 is 1.19 bits per heavy atom. The monoisotopic (exact) mass is 216 g/mol. The van der Waals surface area contributed by atoms with Crippen LogP contribution in [0.1, 0.15) is 31.2 Å². The Balaban J connectivity index is 1.99. The van der Waals surface area contributed by atoms with E-state index in [1.807, 2.05) is 12.1 Å². The molecule has 1 aromatic carbocycles. The number of carbonyl (C=O) groups excluding carboxylic acids is 1. The first kappa shape index (κ1) is 9.88. The van der Waals surface area contributed by atoms with Crippen LogP contribution in [-0.4, -0.2) is 12.9 Å². The number of methoxy groups -OCH3 is 1. The van der Waals surface area contributed by atoms with Crippen molar-refractivity contribution in [1.29, 1.82) is 0 Å². The fraction of sp³-hybridized carbons (Fsp3) is 0.500. The van der Waals surface area contributed by atoms with Gasteiger partial charge in [-0.2, -0.15) is 0 Å². The number of Topliss-reactive ketones (excluding diaryl/α,β-unsaturated/α-hetero) is 1. The number of ether oxygens (including phenoxy) is 1. The number of ketones is 1. The Morgan fingerprint density at radius 3 is 2.25 bits per heavy atom. The topological polar surface area (TPSA) is 26.3 Å². The number of fused-ring (bicyclic) bond motifs is 2. The summed E-state index contributed by atoms with van der Waals surface area (Å²) in [5.41, 5.74) is 1.05. The maximum atomic E-state index is 12.2. The molecule has 2 fully saturated rings. The van der Waals surface area contributed by atoms with Crippen LogP contribution in [0.2, 0.25) is 0 Å². The molecular formula is C14H16O2. The molecule has 0 unspecified atom stereocenters. The van der Waals surface area contributed by atoms with E-state index in [4.69, 9.17) is 4.74 Å². The average molecular weight is 216 g/mol. The fourth-order valence-electron chi connectivity index (χ4n) is 3.35. The standard InChI is InChI=1S/C14H16O2/c1-16-12-4-2-11(3-5-12)14-8-6-10(7-9-14)13(14)15/h2-5,10H,6-9H2,1H3. The molecule has 0 amide bonds. The van der Waals surface area contributed by atoms with Crippen LogP contribution in [0.25, 0.3) is 0 Å². The molecule has 0 spiro atoms. The lowest BCUT2D eigenvalue weighted by Crippen LogP contribution is -2.27. The van der Waals surface area contributed by atoms with Crippen LogP contribution in [-0.2, 0) is 10.2 Å². The highest BCUT2D eigenvalue weighted by molar-refractivity contribution is 5.96. The van der Waals surface area contributed by atoms with Gasteiger partial charge in [-0.05, 0) is 43.4 Å². The quantitative estimate of drug-likeness (QED) is 0.759. The maximum absolute atomic E-state index is 12.2. The summed E-state index contributed by atoms with van der Waals surface area (Å²) in [6, 6.07) is 8.04. The molecular weight excluding hydrogens is 200 g/mol. The Morgan fingerprint density at radius 2 is 1.81 bits per heavy atom. The molecule has 0 heterocycles. The summed E-state index contributed by atoms with van der Waals surface area (Å²) in [6.45, 7) is 0. The Labute approximate surface area is 95.6 Å². The van der Waals surface area contributed by atoms with E-state index in [1.54, 1.807) is 7.11 Å². The molecule has 16 heavy (non-hydrogen) atoms. The lowest BCUT2D eigenvalue weighted by molar-refractivity contribution is -0.122. The van der Waals surface area contributed by atoms with E-state index < -0.39 is 0 Å². The third-order valence-electron chi connectivity index (χ3n) is 4.32. The lowest BCUT2D eigenvalue weighted by Gasteiger charge is -2.25. The summed E-state index contributed by atoms with van der Waals surface area (Å²) in [4.78, 5) is 12.2. The van der Waals surface area contributed by atoms with Crippen molar-refractivity contribution in [2.45, 2.75) is 31.1 Å². The van der Waals surface area contributed by atoms with Gasteiger partial charge < -0.3 is 4.74 Å². The SMILES string of the molecule is COc1ccc(C23CCC(CC2)C3=O)cc1. The number of rotatable bonds is 2. The van der Waals surface area contributed by atoms with E-state index in [1.165, 1.54) is 5.56 Å². The van der Waals surface area contributed by atoms with E-state index in [-0.39, 0.29) is 5.41 Å². The van der Waals surface area contributed by atoms with Gasteiger partial charge >= 0.3 is 0 Å². The van der Waals surface area contributed by atoms with Crippen molar-refractivity contribution in [3.05, 3.63) is 29.8 Å². The molecule has 0 aliphatic heterocycles. The predicted octanol–water partition coefficient (Wildman–Crippen LogP) is 2.71. The van der Waals surface area contributed by atoms with E-state index in [9.17, 15) is 4.79 Å². The largest absolute Gasteiger partial charge is 0.497 e. The predicted molar refractivity (Wildman–Crippen MR) is 61.6 cm³/mol. The molecule has 0 atom stereocenters. The number of hydrogen-bond acceptors (Lipinski definition) is 2. The van der Waals surface area contributed by atoms with Crippen LogP contribution in [0.3, 0.4) is 0 Å². The van der Waals surface area contributed by atoms with Gasteiger partial charge in [0, 0.05) is 5.92 Å². The molecule has 2 saturated carbocycles. The van der Waals surface area contributed by atoms with Crippen LogP contribution in [0, 0.1) is 5.92 Å². The van der Waals surface area contributed by atoms with Gasteiger partial charge in [-0.25, -0.2) is 0 Å². The Bertz CT molecular complexity index is 411. The van der Waals surface area contributed by atoms with Gasteiger partial charge in [-0.3, -0.25) is 4.79 Å². The van der Waals surface area contributed by atoms with Gasteiger partial charge in [0.05, 0.1) is 12.5 Å². The minimum Gasteiger partial charge on any atom is -0.497 e. The van der Waals surface area contributed by atoms with Crippen LogP contribution < -0.4 is 4.74 Å². The zero-order chi connectivity index (χ0) is 11.2. The van der Waals surface area contributed by atoms with Gasteiger partial charge in [-0.1, -0.05) is 12.1 Å². The van der Waals surface area contributed by atoms with Crippen LogP contribution in [0.15, 0.2) is 24.3 Å². The summed E-state index contributed by atoms with van der Waals surface area (Å²) in [5, 5.41) is 0. The summed E-state index contributed by atoms with van der Waals surface area (Å²) >= 11 is 0. The summed E-state index contributed by atoms with van der Waals surface area (Å²) in [5.74, 6) is 1.69. The normalized spacial score (nSPS) is 32.1. The third kappa shape index (κ3) is 1.16. The second kappa shape index (κ2) is 3.34. The summed E-state index contributed by atoms with van der Waals surface area (Å²) < 4.78 is 5.15. The zero-order valence-corrected chi connectivity index (χ0v) is 9.53. The molecule has 2 aliphatic carbocycles. The van der Waals surface area contributed by atoms with Gasteiger partial charge in [0.2, 0.25) is 0 Å². The molecule has 2 heteroatoms. The molecule has 0 saturated heterocycles. The molecule has 1 aromatic rings. The highest BCUT2D eigenvalue weighted by atomic mass is 16.5. The van der Waals surface area contributed by atoms with Crippen molar-refractivity contribution < 1.29 is 9.53 Å². The minimum atomic E-state index is -0.142. The number of carbonyl (C=O) groups is 1. The van der Waals surface area contributed by atoms with Crippen molar-refractivity contribution in [1.82, 2.24) is 0 Å². The molecule has 84 valence electrons. The van der Waals surface area contributed by atoms with E-state index in [0.717, 1.165) is 31.4 Å². The molecule has 0 radical (unpaired) electrons. The highest BCUT2D eigenvalue weighted by Gasteiger charge is 2.53. The molecule has 2 aliphatic rings. The van der Waals surface area contributed by atoms with E-state index >= 15 is 0 Å². The lowest BCUT2D eigenvalue weighted by atomic mass is 9.77. The van der Waals surface area contributed by atoms with E-state index in [2.05, 4.69) is 12.1 Å². The first-order valence-corrected chi connectivity index (χ1v) is 5.95. The van der Waals surface area contributed by atoms with Crippen molar-refractivity contribution in [3.8, 4) is 5.75 Å². The van der Waals surface area contributed by atoms with Gasteiger partial charge in [0.1, 0.15) is 11.5 Å². The second-order valence-corrected chi connectivity index (χ2v) is 4.95. The molecule has 0 aromatic heterocycles. The molecule has 3 rings (SSSR count). The minimum absolute atomic E-state index is 0.142. The molecule has 2 nitrogen and oxygen atoms in total.